The number of rotatable bonds is 5. The van der Waals surface area contributed by atoms with E-state index in [4.69, 9.17) is 4.74 Å². The highest BCUT2D eigenvalue weighted by molar-refractivity contribution is 5.43. The second-order valence-electron chi connectivity index (χ2n) is 5.13. The molecule has 0 atom stereocenters. The van der Waals surface area contributed by atoms with Gasteiger partial charge in [0.25, 0.3) is 0 Å². The number of hydrogen-bond acceptors (Lipinski definition) is 3. The Bertz CT molecular complexity index is 417. The molecule has 0 aliphatic carbocycles. The monoisotopic (exact) mass is 267 g/mol. The van der Waals surface area contributed by atoms with Crippen LogP contribution in [-0.4, -0.2) is 36.8 Å². The van der Waals surface area contributed by atoms with Crippen molar-refractivity contribution >= 4 is 0 Å². The van der Waals surface area contributed by atoms with E-state index in [1.807, 2.05) is 0 Å². The molecule has 1 aliphatic rings. The predicted octanol–water partition coefficient (Wildman–Crippen LogP) is 2.96. The molecule has 0 radical (unpaired) electrons. The maximum atomic E-state index is 13.5. The maximum Gasteiger partial charge on any atom is 0.194 e. The third-order valence-electron chi connectivity index (χ3n) is 3.70. The molecule has 3 nitrogen and oxygen atoms in total. The molecule has 1 N–H and O–H groups in total. The van der Waals surface area contributed by atoms with E-state index in [2.05, 4.69) is 4.90 Å². The fraction of sp³-hybridized carbons (Fsp3) is 0.600. The smallest absolute Gasteiger partial charge is 0.194 e. The molecule has 0 aromatic heterocycles. The lowest BCUT2D eigenvalue weighted by Crippen LogP contribution is -2.30. The molecule has 0 saturated carbocycles. The summed E-state index contributed by atoms with van der Waals surface area (Å²) in [4.78, 5) is 2.47. The van der Waals surface area contributed by atoms with E-state index in [-0.39, 0.29) is 5.75 Å². The van der Waals surface area contributed by atoms with Crippen LogP contribution in [0.5, 0.6) is 11.5 Å². The van der Waals surface area contributed by atoms with Crippen LogP contribution in [0.1, 0.15) is 31.2 Å². The van der Waals surface area contributed by atoms with Gasteiger partial charge in [0.2, 0.25) is 0 Å². The summed E-state index contributed by atoms with van der Waals surface area (Å²) in [6, 6.07) is 3.11. The number of methoxy groups -OCH3 is 1. The number of halogens is 1. The topological polar surface area (TPSA) is 32.7 Å². The van der Waals surface area contributed by atoms with Crippen molar-refractivity contribution in [2.75, 3.05) is 26.7 Å². The van der Waals surface area contributed by atoms with E-state index >= 15 is 0 Å². The Morgan fingerprint density at radius 1 is 1.26 bits per heavy atom. The molecule has 0 bridgehead atoms. The number of nitrogens with zero attached hydrogens (tertiary/aromatic N) is 1. The van der Waals surface area contributed by atoms with Crippen LogP contribution in [0.3, 0.4) is 0 Å². The molecule has 1 aliphatic heterocycles. The highest BCUT2D eigenvalue weighted by Gasteiger charge is 2.12. The first kappa shape index (κ1) is 14.1. The highest BCUT2D eigenvalue weighted by atomic mass is 19.1. The van der Waals surface area contributed by atoms with Gasteiger partial charge in [-0.15, -0.1) is 0 Å². The highest BCUT2D eigenvalue weighted by Crippen LogP contribution is 2.30. The largest absolute Gasteiger partial charge is 0.502 e. The van der Waals surface area contributed by atoms with Crippen molar-refractivity contribution in [1.29, 1.82) is 0 Å². The molecule has 0 amide bonds. The van der Waals surface area contributed by atoms with Gasteiger partial charge in [-0.05, 0) is 63.0 Å². The third-order valence-corrected chi connectivity index (χ3v) is 3.70. The molecule has 2 rings (SSSR count). The fourth-order valence-electron chi connectivity index (χ4n) is 2.62. The lowest BCUT2D eigenvalue weighted by Gasteiger charge is -2.26. The van der Waals surface area contributed by atoms with E-state index in [1.54, 1.807) is 6.07 Å². The number of aryl methyl sites for hydroxylation is 1. The number of aromatic hydroxyl groups is 1. The van der Waals surface area contributed by atoms with Gasteiger partial charge in [-0.2, -0.15) is 0 Å². The number of likely N-dealkylation sites (tertiary alicyclic amines) is 1. The fourth-order valence-corrected chi connectivity index (χ4v) is 2.62. The molecule has 4 heteroatoms. The van der Waals surface area contributed by atoms with Crippen LogP contribution in [0.15, 0.2) is 12.1 Å². The van der Waals surface area contributed by atoms with Gasteiger partial charge in [0, 0.05) is 0 Å². The van der Waals surface area contributed by atoms with Gasteiger partial charge < -0.3 is 14.7 Å². The molecule has 1 aromatic rings. The lowest BCUT2D eigenvalue weighted by molar-refractivity contribution is 0.226. The molecular weight excluding hydrogens is 245 g/mol. The molecule has 1 heterocycles. The molecule has 1 aromatic carbocycles. The Kier molecular flexibility index (Phi) is 5.02. The first-order valence-corrected chi connectivity index (χ1v) is 6.98. The van der Waals surface area contributed by atoms with Crippen LogP contribution in [0.25, 0.3) is 0 Å². The van der Waals surface area contributed by atoms with Crippen LogP contribution in [0.4, 0.5) is 4.39 Å². The molecule has 0 unspecified atom stereocenters. The first-order valence-electron chi connectivity index (χ1n) is 6.98. The normalized spacial score (nSPS) is 16.5. The van der Waals surface area contributed by atoms with Crippen LogP contribution in [0, 0.1) is 5.82 Å². The zero-order chi connectivity index (χ0) is 13.7. The van der Waals surface area contributed by atoms with Crippen LogP contribution < -0.4 is 4.74 Å². The zero-order valence-electron chi connectivity index (χ0n) is 11.5. The number of benzene rings is 1. The first-order chi connectivity index (χ1) is 9.20. The van der Waals surface area contributed by atoms with Crippen molar-refractivity contribution in [3.63, 3.8) is 0 Å². The zero-order valence-corrected chi connectivity index (χ0v) is 11.5. The van der Waals surface area contributed by atoms with Crippen molar-refractivity contribution in [1.82, 2.24) is 4.90 Å². The van der Waals surface area contributed by atoms with Gasteiger partial charge in [-0.3, -0.25) is 0 Å². The summed E-state index contributed by atoms with van der Waals surface area (Å²) in [6.45, 7) is 3.44. The quantitative estimate of drug-likeness (QED) is 0.890. The molecule has 1 saturated heterocycles. The number of ether oxygens (including phenoxy) is 1. The van der Waals surface area contributed by atoms with Crippen LogP contribution >= 0.6 is 0 Å². The van der Waals surface area contributed by atoms with Crippen molar-refractivity contribution in [3.05, 3.63) is 23.5 Å². The lowest BCUT2D eigenvalue weighted by atomic mass is 10.1. The molecular formula is C15H22FNO2. The van der Waals surface area contributed by atoms with Crippen molar-refractivity contribution in [2.24, 2.45) is 0 Å². The summed E-state index contributed by atoms with van der Waals surface area (Å²) in [5, 5.41) is 9.44. The summed E-state index contributed by atoms with van der Waals surface area (Å²) in [5.41, 5.74) is 0.879. The Morgan fingerprint density at radius 3 is 2.68 bits per heavy atom. The van der Waals surface area contributed by atoms with Crippen molar-refractivity contribution in [3.8, 4) is 11.5 Å². The predicted molar refractivity (Wildman–Crippen MR) is 73.2 cm³/mol. The molecule has 0 spiro atoms. The van der Waals surface area contributed by atoms with Crippen molar-refractivity contribution < 1.29 is 14.2 Å². The number of piperidine rings is 1. The minimum atomic E-state index is -0.604. The average molecular weight is 267 g/mol. The van der Waals surface area contributed by atoms with Gasteiger partial charge in [-0.1, -0.05) is 6.42 Å². The van der Waals surface area contributed by atoms with Crippen molar-refractivity contribution in [2.45, 2.75) is 32.1 Å². The molecule has 106 valence electrons. The minimum Gasteiger partial charge on any atom is -0.502 e. The van der Waals surface area contributed by atoms with Gasteiger partial charge in [-0.25, -0.2) is 4.39 Å². The summed E-state index contributed by atoms with van der Waals surface area (Å²) in [7, 11) is 1.44. The van der Waals surface area contributed by atoms with E-state index in [0.29, 0.717) is 0 Å². The second kappa shape index (κ2) is 6.75. The minimum absolute atomic E-state index is 0.216. The van der Waals surface area contributed by atoms with E-state index < -0.39 is 11.6 Å². The maximum absolute atomic E-state index is 13.5. The van der Waals surface area contributed by atoms with Gasteiger partial charge in [0.15, 0.2) is 17.3 Å². The Morgan fingerprint density at radius 2 is 2.00 bits per heavy atom. The molecule has 19 heavy (non-hydrogen) atoms. The number of phenols is 1. The Labute approximate surface area is 114 Å². The van der Waals surface area contributed by atoms with Crippen LogP contribution in [-0.2, 0) is 6.42 Å². The number of phenolic OH excluding ortho intramolecular Hbond substituents is 1. The Hall–Kier alpha value is -1.29. The van der Waals surface area contributed by atoms with Crippen LogP contribution in [0.2, 0.25) is 0 Å². The standard InChI is InChI=1S/C15H22FNO2/c1-19-14-11-12(10-13(16)15(14)18)6-5-9-17-7-3-2-4-8-17/h10-11,18H,2-9H2,1H3. The van der Waals surface area contributed by atoms with E-state index in [0.717, 1.165) is 24.9 Å². The van der Waals surface area contributed by atoms with E-state index in [9.17, 15) is 9.50 Å². The third kappa shape index (κ3) is 3.83. The summed E-state index contributed by atoms with van der Waals surface area (Å²) in [5.74, 6) is -0.789. The summed E-state index contributed by atoms with van der Waals surface area (Å²) >= 11 is 0. The Balaban J connectivity index is 1.86. The van der Waals surface area contributed by atoms with Gasteiger partial charge in [0.05, 0.1) is 7.11 Å². The van der Waals surface area contributed by atoms with Gasteiger partial charge >= 0.3 is 0 Å². The van der Waals surface area contributed by atoms with Gasteiger partial charge in [0.1, 0.15) is 0 Å². The second-order valence-corrected chi connectivity index (χ2v) is 5.13. The summed E-state index contributed by atoms with van der Waals surface area (Å²) < 4.78 is 18.4. The SMILES string of the molecule is COc1cc(CCCN2CCCCC2)cc(F)c1O. The number of hydrogen-bond donors (Lipinski definition) is 1. The average Bonchev–Trinajstić information content (AvgIpc) is 2.43. The van der Waals surface area contributed by atoms with E-state index in [1.165, 1.54) is 45.5 Å². The summed E-state index contributed by atoms with van der Waals surface area (Å²) in [6.07, 6.45) is 5.75. The molecule has 1 fully saturated rings.